The maximum absolute atomic E-state index is 12.8. The predicted octanol–water partition coefficient (Wildman–Crippen LogP) is 2.56. The summed E-state index contributed by atoms with van der Waals surface area (Å²) in [6, 6.07) is 10.9. The molecule has 3 rings (SSSR count). The summed E-state index contributed by atoms with van der Waals surface area (Å²) in [5.74, 6) is 0.497. The fourth-order valence-electron chi connectivity index (χ4n) is 3.11. The fourth-order valence-corrected chi connectivity index (χ4v) is 3.11. The van der Waals surface area contributed by atoms with Gasteiger partial charge in [0.25, 0.3) is 5.91 Å². The number of aromatic nitrogens is 1. The lowest BCUT2D eigenvalue weighted by Gasteiger charge is -2.34. The van der Waals surface area contributed by atoms with Gasteiger partial charge in [-0.15, -0.1) is 0 Å². The number of amides is 2. The Labute approximate surface area is 159 Å². The molecule has 2 amide bonds. The van der Waals surface area contributed by atoms with Crippen LogP contribution in [0.1, 0.15) is 24.2 Å². The molecule has 142 valence electrons. The summed E-state index contributed by atoms with van der Waals surface area (Å²) >= 11 is 0. The summed E-state index contributed by atoms with van der Waals surface area (Å²) in [4.78, 5) is 32.5. The first-order valence-electron chi connectivity index (χ1n) is 9.17. The molecule has 0 saturated carbocycles. The van der Waals surface area contributed by atoms with E-state index in [1.54, 1.807) is 18.3 Å². The normalized spacial score (nSPS) is 14.7. The number of carbonyl (C=O) groups is 2. The molecule has 1 aromatic carbocycles. The van der Waals surface area contributed by atoms with Gasteiger partial charge in [-0.2, -0.15) is 0 Å². The quantitative estimate of drug-likeness (QED) is 0.849. The van der Waals surface area contributed by atoms with E-state index in [1.807, 2.05) is 29.2 Å². The number of anilines is 3. The monoisotopic (exact) mass is 367 g/mol. The van der Waals surface area contributed by atoms with Crippen molar-refractivity contribution in [3.8, 4) is 0 Å². The molecule has 1 aliphatic rings. The number of hydrogen-bond acceptors (Lipinski definition) is 5. The van der Waals surface area contributed by atoms with Crippen LogP contribution in [0.5, 0.6) is 0 Å². The topological polar surface area (TPSA) is 77.6 Å². The Morgan fingerprint density at radius 2 is 1.81 bits per heavy atom. The van der Waals surface area contributed by atoms with Crippen LogP contribution in [0.2, 0.25) is 0 Å². The van der Waals surface area contributed by atoms with E-state index in [4.69, 9.17) is 0 Å². The highest BCUT2D eigenvalue weighted by molar-refractivity contribution is 5.95. The molecular formula is C20H25N5O2. The number of benzene rings is 1. The first-order valence-corrected chi connectivity index (χ1v) is 9.17. The highest BCUT2D eigenvalue weighted by Crippen LogP contribution is 2.20. The van der Waals surface area contributed by atoms with Crippen LogP contribution < -0.4 is 10.6 Å². The maximum atomic E-state index is 12.8. The lowest BCUT2D eigenvalue weighted by molar-refractivity contribution is -0.114. The Morgan fingerprint density at radius 3 is 2.52 bits per heavy atom. The van der Waals surface area contributed by atoms with E-state index < -0.39 is 0 Å². The van der Waals surface area contributed by atoms with Crippen molar-refractivity contribution in [1.29, 1.82) is 0 Å². The first kappa shape index (κ1) is 18.8. The molecule has 2 aromatic rings. The third-order valence-electron chi connectivity index (χ3n) is 4.57. The number of pyridine rings is 1. The second-order valence-electron chi connectivity index (χ2n) is 6.54. The van der Waals surface area contributed by atoms with Crippen molar-refractivity contribution in [2.24, 2.45) is 0 Å². The van der Waals surface area contributed by atoms with Crippen LogP contribution >= 0.6 is 0 Å². The van der Waals surface area contributed by atoms with Crippen LogP contribution in [0.3, 0.4) is 0 Å². The molecule has 27 heavy (non-hydrogen) atoms. The molecule has 7 nitrogen and oxygen atoms in total. The summed E-state index contributed by atoms with van der Waals surface area (Å²) in [5.41, 5.74) is 2.11. The van der Waals surface area contributed by atoms with Gasteiger partial charge in [0.1, 0.15) is 5.82 Å². The van der Waals surface area contributed by atoms with Gasteiger partial charge in [0.15, 0.2) is 0 Å². The summed E-state index contributed by atoms with van der Waals surface area (Å²) in [7, 11) is 0. The minimum atomic E-state index is -0.124. The minimum absolute atomic E-state index is 0.0307. The molecule has 0 radical (unpaired) electrons. The molecule has 1 fully saturated rings. The molecular weight excluding hydrogens is 342 g/mol. The number of nitrogens with zero attached hydrogens (tertiary/aromatic N) is 3. The van der Waals surface area contributed by atoms with Crippen molar-refractivity contribution in [3.63, 3.8) is 0 Å². The number of nitrogens with one attached hydrogen (secondary N) is 2. The second kappa shape index (κ2) is 8.64. The third-order valence-corrected chi connectivity index (χ3v) is 4.57. The molecule has 2 heterocycles. The van der Waals surface area contributed by atoms with Gasteiger partial charge in [0.05, 0.1) is 0 Å². The van der Waals surface area contributed by atoms with E-state index in [0.29, 0.717) is 17.1 Å². The molecule has 0 spiro atoms. The molecule has 0 atom stereocenters. The number of piperazine rings is 1. The van der Waals surface area contributed by atoms with Gasteiger partial charge in [0, 0.05) is 56.2 Å². The lowest BCUT2D eigenvalue weighted by Crippen LogP contribution is -2.48. The smallest absolute Gasteiger partial charge is 0.254 e. The Balaban J connectivity index is 1.69. The van der Waals surface area contributed by atoms with Crippen LogP contribution in [-0.2, 0) is 4.79 Å². The summed E-state index contributed by atoms with van der Waals surface area (Å²) < 4.78 is 0. The Bertz CT molecular complexity index is 816. The molecule has 0 unspecified atom stereocenters. The molecule has 0 aliphatic carbocycles. The van der Waals surface area contributed by atoms with Gasteiger partial charge in [-0.3, -0.25) is 9.59 Å². The number of hydrogen-bond donors (Lipinski definition) is 2. The van der Waals surface area contributed by atoms with Gasteiger partial charge in [-0.1, -0.05) is 13.0 Å². The summed E-state index contributed by atoms with van der Waals surface area (Å²) in [5, 5.41) is 5.94. The molecule has 1 saturated heterocycles. The average molecular weight is 367 g/mol. The number of rotatable bonds is 5. The summed E-state index contributed by atoms with van der Waals surface area (Å²) in [6.45, 7) is 7.94. The highest BCUT2D eigenvalue weighted by atomic mass is 16.2. The van der Waals surface area contributed by atoms with Crippen molar-refractivity contribution in [1.82, 2.24) is 14.8 Å². The van der Waals surface area contributed by atoms with Crippen LogP contribution in [0.4, 0.5) is 17.2 Å². The molecule has 1 aromatic heterocycles. The molecule has 0 bridgehead atoms. The van der Waals surface area contributed by atoms with E-state index in [-0.39, 0.29) is 11.8 Å². The first-order chi connectivity index (χ1) is 13.0. The Kier molecular flexibility index (Phi) is 6.03. The van der Waals surface area contributed by atoms with E-state index in [2.05, 4.69) is 27.4 Å². The fraction of sp³-hybridized carbons (Fsp3) is 0.350. The van der Waals surface area contributed by atoms with Crippen molar-refractivity contribution >= 4 is 29.0 Å². The standard InChI is InChI=1S/C20H25N5O2/c1-3-24-9-11-25(12-10-24)20(27)16-7-8-21-19(13-16)23-18-6-4-5-17(14-18)22-15(2)26/h4-8,13-14H,3,9-12H2,1-2H3,(H,21,23)(H,22,26). The van der Waals surface area contributed by atoms with E-state index in [9.17, 15) is 9.59 Å². The zero-order valence-electron chi connectivity index (χ0n) is 15.7. The number of carbonyl (C=O) groups excluding carboxylic acids is 2. The van der Waals surface area contributed by atoms with Crippen LogP contribution in [0.15, 0.2) is 42.6 Å². The Hall–Kier alpha value is -2.93. The molecule has 7 heteroatoms. The number of likely N-dealkylation sites (N-methyl/N-ethyl adjacent to an activating group) is 1. The van der Waals surface area contributed by atoms with Gasteiger partial charge in [-0.25, -0.2) is 4.98 Å². The van der Waals surface area contributed by atoms with Crippen molar-refractivity contribution in [3.05, 3.63) is 48.2 Å². The third kappa shape index (κ3) is 5.04. The zero-order chi connectivity index (χ0) is 19.2. The van der Waals surface area contributed by atoms with Crippen molar-refractivity contribution in [2.75, 3.05) is 43.4 Å². The highest BCUT2D eigenvalue weighted by Gasteiger charge is 2.21. The van der Waals surface area contributed by atoms with E-state index in [1.165, 1.54) is 6.92 Å². The van der Waals surface area contributed by atoms with Crippen LogP contribution in [-0.4, -0.2) is 59.3 Å². The van der Waals surface area contributed by atoms with Gasteiger partial charge < -0.3 is 20.4 Å². The maximum Gasteiger partial charge on any atom is 0.254 e. The second-order valence-corrected chi connectivity index (χ2v) is 6.54. The largest absolute Gasteiger partial charge is 0.340 e. The van der Waals surface area contributed by atoms with E-state index in [0.717, 1.165) is 38.4 Å². The van der Waals surface area contributed by atoms with Gasteiger partial charge >= 0.3 is 0 Å². The van der Waals surface area contributed by atoms with Crippen molar-refractivity contribution < 1.29 is 9.59 Å². The SMILES string of the molecule is CCN1CCN(C(=O)c2ccnc(Nc3cccc(NC(C)=O)c3)c2)CC1. The van der Waals surface area contributed by atoms with Crippen LogP contribution in [0.25, 0.3) is 0 Å². The molecule has 2 N–H and O–H groups in total. The van der Waals surface area contributed by atoms with Crippen LogP contribution in [0, 0.1) is 0 Å². The zero-order valence-corrected chi connectivity index (χ0v) is 15.7. The summed E-state index contributed by atoms with van der Waals surface area (Å²) in [6.07, 6.45) is 1.63. The van der Waals surface area contributed by atoms with Gasteiger partial charge in [-0.05, 0) is 36.9 Å². The van der Waals surface area contributed by atoms with E-state index >= 15 is 0 Å². The average Bonchev–Trinajstić information content (AvgIpc) is 2.67. The van der Waals surface area contributed by atoms with Crippen molar-refractivity contribution in [2.45, 2.75) is 13.8 Å². The predicted molar refractivity (Wildman–Crippen MR) is 106 cm³/mol. The minimum Gasteiger partial charge on any atom is -0.340 e. The van der Waals surface area contributed by atoms with Gasteiger partial charge in [0.2, 0.25) is 5.91 Å². The Morgan fingerprint density at radius 1 is 1.07 bits per heavy atom. The molecule has 1 aliphatic heterocycles. The lowest BCUT2D eigenvalue weighted by atomic mass is 10.2.